The molecule has 5 aromatic heterocycles. The van der Waals surface area contributed by atoms with Gasteiger partial charge in [0.05, 0.1) is 46.3 Å². The number of rotatable bonds is 8. The van der Waals surface area contributed by atoms with Gasteiger partial charge in [-0.1, -0.05) is 19.9 Å². The summed E-state index contributed by atoms with van der Waals surface area (Å²) in [6.07, 6.45) is 7.99. The number of anilines is 1. The van der Waals surface area contributed by atoms with Crippen molar-refractivity contribution >= 4 is 43.4 Å². The summed E-state index contributed by atoms with van der Waals surface area (Å²) in [5, 5.41) is 11.2. The molecule has 0 fully saturated rings. The number of nitrogens with one attached hydrogen (secondary N) is 3. The Morgan fingerprint density at radius 1 is 0.977 bits per heavy atom. The fraction of sp³-hybridized carbons (Fsp3) is 0.194. The topological polar surface area (TPSA) is 146 Å². The largest absolute Gasteiger partial charge is 0.352 e. The highest BCUT2D eigenvalue weighted by Crippen LogP contribution is 2.34. The van der Waals surface area contributed by atoms with E-state index < -0.39 is 15.7 Å². The fourth-order valence-corrected chi connectivity index (χ4v) is 5.45. The molecule has 0 aliphatic heterocycles. The van der Waals surface area contributed by atoms with Gasteiger partial charge in [0.15, 0.2) is 0 Å². The molecule has 0 saturated carbocycles. The number of hydrogen-bond donors (Lipinski definition) is 3. The molecule has 6 rings (SSSR count). The van der Waals surface area contributed by atoms with Crippen LogP contribution in [0.2, 0.25) is 0 Å². The fourth-order valence-electron chi connectivity index (χ4n) is 4.84. The lowest BCUT2D eigenvalue weighted by Gasteiger charge is -2.08. The average molecular weight is 598 g/mol. The highest BCUT2D eigenvalue weighted by molar-refractivity contribution is 7.90. The van der Waals surface area contributed by atoms with Gasteiger partial charge in [0.25, 0.3) is 0 Å². The number of pyridine rings is 3. The smallest absolute Gasteiger partial charge is 0.226 e. The normalized spacial score (nSPS) is 11.9. The van der Waals surface area contributed by atoms with Gasteiger partial charge in [-0.25, -0.2) is 17.8 Å². The number of carbonyl (C=O) groups is 1. The minimum atomic E-state index is -3.19. The summed E-state index contributed by atoms with van der Waals surface area (Å²) in [5.74, 6) is -0.788. The average Bonchev–Trinajstić information content (AvgIpc) is 3.59. The molecule has 218 valence electrons. The van der Waals surface area contributed by atoms with Gasteiger partial charge >= 0.3 is 0 Å². The van der Waals surface area contributed by atoms with E-state index >= 15 is 0 Å². The first kappa shape index (κ1) is 28.2. The zero-order valence-corrected chi connectivity index (χ0v) is 24.5. The number of fused-ring (bicyclic) bond motifs is 2. The molecule has 0 radical (unpaired) electrons. The molecule has 0 aliphatic carbocycles. The van der Waals surface area contributed by atoms with Crippen molar-refractivity contribution in [2.45, 2.75) is 20.3 Å². The summed E-state index contributed by atoms with van der Waals surface area (Å²) in [6.45, 7) is 3.64. The number of benzene rings is 1. The summed E-state index contributed by atoms with van der Waals surface area (Å²) in [7, 11) is -3.19. The van der Waals surface area contributed by atoms with Gasteiger partial charge in [0.2, 0.25) is 5.91 Å². The van der Waals surface area contributed by atoms with Crippen LogP contribution in [0.5, 0.6) is 0 Å². The Labute approximate surface area is 246 Å². The van der Waals surface area contributed by atoms with Crippen molar-refractivity contribution in [2.75, 3.05) is 17.3 Å². The lowest BCUT2D eigenvalue weighted by Crippen LogP contribution is -2.17. The molecule has 0 aliphatic rings. The third-order valence-corrected chi connectivity index (χ3v) is 8.01. The highest BCUT2D eigenvalue weighted by atomic mass is 32.2. The molecule has 3 N–H and O–H groups in total. The number of amides is 1. The molecule has 0 spiro atoms. The van der Waals surface area contributed by atoms with E-state index in [1.807, 2.05) is 38.1 Å². The Morgan fingerprint density at radius 3 is 2.58 bits per heavy atom. The van der Waals surface area contributed by atoms with E-state index in [-0.39, 0.29) is 24.0 Å². The third kappa shape index (κ3) is 6.00. The number of aromatic amines is 2. The summed E-state index contributed by atoms with van der Waals surface area (Å²) < 4.78 is 37.9. The number of halogens is 1. The molecule has 12 heteroatoms. The first-order valence-corrected chi connectivity index (χ1v) is 15.7. The van der Waals surface area contributed by atoms with Crippen molar-refractivity contribution < 1.29 is 17.6 Å². The second kappa shape index (κ2) is 11.0. The molecule has 6 aromatic rings. The molecule has 0 bridgehead atoms. The van der Waals surface area contributed by atoms with Crippen LogP contribution in [0.1, 0.15) is 19.4 Å². The molecule has 1 aromatic carbocycles. The number of carbonyl (C=O) groups excluding carboxylic acids is 1. The van der Waals surface area contributed by atoms with Crippen molar-refractivity contribution in [3.05, 3.63) is 78.6 Å². The lowest BCUT2D eigenvalue weighted by molar-refractivity contribution is -0.118. The van der Waals surface area contributed by atoms with Gasteiger partial charge in [-0.05, 0) is 53.9 Å². The summed E-state index contributed by atoms with van der Waals surface area (Å²) >= 11 is 0. The standard InChI is InChI=1S/C31H28FN7O3S/c1-17(2)31(40)35-22-11-20(13-33-14-22)25-4-5-26-29(37-25)30(39-38-26)27-12-23-24(15-34-16-28(23)36-27)19-8-18(9-21(32)10-19)6-7-43(3,41)42/h4-5,8-17,36H,6-7H2,1-3H3,(H,35,40)(H,38,39). The van der Waals surface area contributed by atoms with Crippen LogP contribution < -0.4 is 5.32 Å². The predicted octanol–water partition coefficient (Wildman–Crippen LogP) is 5.55. The molecule has 43 heavy (non-hydrogen) atoms. The molecule has 5 heterocycles. The predicted molar refractivity (Wildman–Crippen MR) is 164 cm³/mol. The molecular weight excluding hydrogens is 569 g/mol. The minimum absolute atomic E-state index is 0.0686. The number of nitrogens with zero attached hydrogens (tertiary/aromatic N) is 4. The van der Waals surface area contributed by atoms with E-state index in [2.05, 4.69) is 30.5 Å². The summed E-state index contributed by atoms with van der Waals surface area (Å²) in [6, 6.07) is 12.0. The highest BCUT2D eigenvalue weighted by Gasteiger charge is 2.17. The van der Waals surface area contributed by atoms with Crippen LogP contribution >= 0.6 is 0 Å². The van der Waals surface area contributed by atoms with Gasteiger partial charge < -0.3 is 10.3 Å². The van der Waals surface area contributed by atoms with E-state index in [9.17, 15) is 17.6 Å². The van der Waals surface area contributed by atoms with Crippen LogP contribution in [0.3, 0.4) is 0 Å². The molecular formula is C31H28FN7O3S. The molecule has 0 saturated heterocycles. The number of hydrogen-bond acceptors (Lipinski definition) is 7. The third-order valence-electron chi connectivity index (χ3n) is 7.06. The summed E-state index contributed by atoms with van der Waals surface area (Å²) in [4.78, 5) is 29.0. The van der Waals surface area contributed by atoms with Crippen LogP contribution in [-0.2, 0) is 21.1 Å². The maximum Gasteiger partial charge on any atom is 0.226 e. The Bertz CT molecular complexity index is 2120. The quantitative estimate of drug-likeness (QED) is 0.208. The van der Waals surface area contributed by atoms with Gasteiger partial charge in [0, 0.05) is 41.1 Å². The van der Waals surface area contributed by atoms with Crippen LogP contribution in [0, 0.1) is 11.7 Å². The SMILES string of the molecule is CC(C)C(=O)Nc1cncc(-c2ccc3[nH]nc(-c4cc5c(-c6cc(F)cc(CCS(C)(=O)=O)c6)cncc5[nH]4)c3n2)c1. The first-order chi connectivity index (χ1) is 20.5. The second-order valence-corrected chi connectivity index (χ2v) is 13.1. The first-order valence-electron chi connectivity index (χ1n) is 13.6. The van der Waals surface area contributed by atoms with Crippen molar-refractivity contribution in [1.82, 2.24) is 30.1 Å². The second-order valence-electron chi connectivity index (χ2n) is 10.8. The van der Waals surface area contributed by atoms with Gasteiger partial charge in [-0.3, -0.25) is 19.9 Å². The molecule has 0 unspecified atom stereocenters. The van der Waals surface area contributed by atoms with Gasteiger partial charge in [-0.2, -0.15) is 5.10 Å². The Kier molecular flexibility index (Phi) is 7.22. The van der Waals surface area contributed by atoms with Crippen molar-refractivity contribution in [2.24, 2.45) is 5.92 Å². The van der Waals surface area contributed by atoms with Crippen LogP contribution in [-0.4, -0.2) is 56.5 Å². The Morgan fingerprint density at radius 2 is 1.79 bits per heavy atom. The maximum absolute atomic E-state index is 14.6. The number of aromatic nitrogens is 6. The molecule has 10 nitrogen and oxygen atoms in total. The van der Waals surface area contributed by atoms with Crippen LogP contribution in [0.15, 0.2) is 67.3 Å². The number of H-pyrrole nitrogens is 2. The van der Waals surface area contributed by atoms with Crippen molar-refractivity contribution in [3.63, 3.8) is 0 Å². The van der Waals surface area contributed by atoms with E-state index in [4.69, 9.17) is 4.98 Å². The lowest BCUT2D eigenvalue weighted by atomic mass is 10.0. The van der Waals surface area contributed by atoms with E-state index in [0.717, 1.165) is 28.2 Å². The van der Waals surface area contributed by atoms with E-state index in [1.54, 1.807) is 30.9 Å². The monoisotopic (exact) mass is 597 g/mol. The zero-order valence-electron chi connectivity index (χ0n) is 23.6. The van der Waals surface area contributed by atoms with Crippen molar-refractivity contribution in [1.29, 1.82) is 0 Å². The maximum atomic E-state index is 14.6. The van der Waals surface area contributed by atoms with E-state index in [1.165, 1.54) is 12.1 Å². The Hall–Kier alpha value is -4.97. The number of sulfone groups is 1. The van der Waals surface area contributed by atoms with Crippen LogP contribution in [0.25, 0.3) is 55.7 Å². The molecule has 1 amide bonds. The van der Waals surface area contributed by atoms with E-state index in [0.29, 0.717) is 45.0 Å². The number of aryl methyl sites for hydroxylation is 1. The van der Waals surface area contributed by atoms with Crippen molar-refractivity contribution in [3.8, 4) is 33.8 Å². The minimum Gasteiger partial charge on any atom is -0.352 e. The van der Waals surface area contributed by atoms with Crippen LogP contribution in [0.4, 0.5) is 10.1 Å². The zero-order chi connectivity index (χ0) is 30.3. The van der Waals surface area contributed by atoms with Gasteiger partial charge in [-0.15, -0.1) is 0 Å². The molecule has 0 atom stereocenters. The van der Waals surface area contributed by atoms with Gasteiger partial charge in [0.1, 0.15) is 26.9 Å². The summed E-state index contributed by atoms with van der Waals surface area (Å²) in [5.41, 5.74) is 7.20. The Balaban J connectivity index is 1.38.